The van der Waals surface area contributed by atoms with Crippen LogP contribution in [0.15, 0.2) is 42.5 Å². The number of piperidine rings is 1. The molecule has 0 saturated carbocycles. The van der Waals surface area contributed by atoms with Crippen LogP contribution in [0.4, 0.5) is 10.5 Å². The number of benzene rings is 2. The van der Waals surface area contributed by atoms with E-state index in [-0.39, 0.29) is 11.6 Å². The molecule has 0 aromatic heterocycles. The Morgan fingerprint density at radius 1 is 1.06 bits per heavy atom. The Morgan fingerprint density at radius 2 is 1.82 bits per heavy atom. The van der Waals surface area contributed by atoms with Gasteiger partial charge in [0.2, 0.25) is 5.91 Å². The number of halogens is 1. The molecule has 1 atom stereocenters. The predicted molar refractivity (Wildman–Crippen MR) is 127 cm³/mol. The summed E-state index contributed by atoms with van der Waals surface area (Å²) in [5.74, 6) is -1.20. The Kier molecular flexibility index (Phi) is 5.77. The van der Waals surface area contributed by atoms with Crippen molar-refractivity contribution in [2.45, 2.75) is 37.6 Å². The molecule has 3 aliphatic rings. The standard InChI is InChI=1S/C25H25ClN4O4/c26-17-8-9-18(22(32)29-12-4-1-5-13-29)20(14-17)27-21(31)15-30-23(33)25(28-24(30)34)11-10-16-6-2-3-7-19(16)25/h2-3,6-9,14H,1,4-5,10-13,15H2,(H,27,31)(H,28,34). The van der Waals surface area contributed by atoms with E-state index < -0.39 is 29.9 Å². The second kappa shape index (κ2) is 8.76. The zero-order valence-electron chi connectivity index (χ0n) is 18.6. The molecule has 9 heteroatoms. The fourth-order valence-electron chi connectivity index (χ4n) is 5.14. The quantitative estimate of drug-likeness (QED) is 0.656. The molecule has 1 aliphatic carbocycles. The molecule has 34 heavy (non-hydrogen) atoms. The lowest BCUT2D eigenvalue weighted by Crippen LogP contribution is -2.43. The SMILES string of the molecule is O=C(CN1C(=O)NC2(CCc3ccccc32)C1=O)Nc1cc(Cl)ccc1C(=O)N1CCCCC1. The number of nitrogens with one attached hydrogen (secondary N) is 2. The molecule has 0 bridgehead atoms. The summed E-state index contributed by atoms with van der Waals surface area (Å²) in [5.41, 5.74) is 1.27. The lowest BCUT2D eigenvalue weighted by atomic mass is 9.92. The van der Waals surface area contributed by atoms with Crippen LogP contribution in [0, 0.1) is 0 Å². The molecule has 2 saturated heterocycles. The van der Waals surface area contributed by atoms with Crippen molar-refractivity contribution in [3.63, 3.8) is 0 Å². The van der Waals surface area contributed by atoms with Crippen LogP contribution < -0.4 is 10.6 Å². The van der Waals surface area contributed by atoms with Gasteiger partial charge in [-0.15, -0.1) is 0 Å². The largest absolute Gasteiger partial charge is 0.339 e. The van der Waals surface area contributed by atoms with Gasteiger partial charge in [0, 0.05) is 18.1 Å². The maximum absolute atomic E-state index is 13.3. The van der Waals surface area contributed by atoms with E-state index in [1.807, 2.05) is 24.3 Å². The molecule has 2 N–H and O–H groups in total. The molecule has 2 aromatic carbocycles. The Balaban J connectivity index is 1.33. The van der Waals surface area contributed by atoms with Crippen LogP contribution in [0.25, 0.3) is 0 Å². The Morgan fingerprint density at radius 3 is 2.62 bits per heavy atom. The molecule has 176 valence electrons. The van der Waals surface area contributed by atoms with Gasteiger partial charge in [-0.2, -0.15) is 0 Å². The first kappa shape index (κ1) is 22.4. The van der Waals surface area contributed by atoms with Gasteiger partial charge in [0.25, 0.3) is 11.8 Å². The van der Waals surface area contributed by atoms with Crippen LogP contribution in [0.2, 0.25) is 5.02 Å². The second-order valence-electron chi connectivity index (χ2n) is 8.97. The number of hydrogen-bond donors (Lipinski definition) is 2. The minimum absolute atomic E-state index is 0.178. The van der Waals surface area contributed by atoms with E-state index >= 15 is 0 Å². The van der Waals surface area contributed by atoms with E-state index in [0.29, 0.717) is 36.5 Å². The van der Waals surface area contributed by atoms with E-state index in [0.717, 1.165) is 35.3 Å². The highest BCUT2D eigenvalue weighted by Crippen LogP contribution is 2.41. The molecule has 2 fully saturated rings. The average molecular weight is 481 g/mol. The minimum Gasteiger partial charge on any atom is -0.339 e. The van der Waals surface area contributed by atoms with Crippen molar-refractivity contribution in [3.8, 4) is 0 Å². The summed E-state index contributed by atoms with van der Waals surface area (Å²) < 4.78 is 0. The van der Waals surface area contributed by atoms with Crippen LogP contribution in [-0.2, 0) is 21.5 Å². The first-order chi connectivity index (χ1) is 16.4. The Labute approximate surface area is 202 Å². The molecule has 8 nitrogen and oxygen atoms in total. The number of urea groups is 1. The van der Waals surface area contributed by atoms with Crippen molar-refractivity contribution in [1.29, 1.82) is 0 Å². The smallest absolute Gasteiger partial charge is 0.325 e. The number of imide groups is 1. The molecule has 2 aromatic rings. The van der Waals surface area contributed by atoms with Crippen LogP contribution in [0.5, 0.6) is 0 Å². The van der Waals surface area contributed by atoms with Gasteiger partial charge in [-0.1, -0.05) is 35.9 Å². The Hall–Kier alpha value is -3.39. The number of fused-ring (bicyclic) bond motifs is 2. The van der Waals surface area contributed by atoms with Gasteiger partial charge in [-0.05, 0) is 61.4 Å². The van der Waals surface area contributed by atoms with Gasteiger partial charge in [0.05, 0.1) is 11.3 Å². The van der Waals surface area contributed by atoms with Gasteiger partial charge >= 0.3 is 6.03 Å². The first-order valence-electron chi connectivity index (χ1n) is 11.5. The number of amides is 5. The van der Waals surface area contributed by atoms with E-state index in [2.05, 4.69) is 10.6 Å². The number of anilines is 1. The maximum Gasteiger partial charge on any atom is 0.325 e. The van der Waals surface area contributed by atoms with E-state index in [4.69, 9.17) is 11.6 Å². The summed E-state index contributed by atoms with van der Waals surface area (Å²) in [7, 11) is 0. The second-order valence-corrected chi connectivity index (χ2v) is 9.41. The normalized spacial score (nSPS) is 21.6. The van der Waals surface area contributed by atoms with Crippen LogP contribution >= 0.6 is 11.6 Å². The summed E-state index contributed by atoms with van der Waals surface area (Å²) in [6.45, 7) is 0.875. The highest BCUT2D eigenvalue weighted by Gasteiger charge is 2.55. The molecule has 2 aliphatic heterocycles. The van der Waals surface area contributed by atoms with Gasteiger partial charge < -0.3 is 15.5 Å². The summed E-state index contributed by atoms with van der Waals surface area (Å²) in [5, 5.41) is 5.87. The van der Waals surface area contributed by atoms with Gasteiger partial charge in [0.1, 0.15) is 12.1 Å². The highest BCUT2D eigenvalue weighted by atomic mass is 35.5. The van der Waals surface area contributed by atoms with Gasteiger partial charge in [-0.3, -0.25) is 19.3 Å². The van der Waals surface area contributed by atoms with Gasteiger partial charge in [0.15, 0.2) is 0 Å². The number of aryl methyl sites for hydroxylation is 1. The molecule has 1 spiro atoms. The summed E-state index contributed by atoms with van der Waals surface area (Å²) in [6, 6.07) is 11.6. The third kappa shape index (κ3) is 3.81. The van der Waals surface area contributed by atoms with Gasteiger partial charge in [-0.25, -0.2) is 4.79 Å². The number of likely N-dealkylation sites (tertiary alicyclic amines) is 1. The lowest BCUT2D eigenvalue weighted by Gasteiger charge is -2.27. The summed E-state index contributed by atoms with van der Waals surface area (Å²) in [4.78, 5) is 54.7. The van der Waals surface area contributed by atoms with E-state index in [1.54, 1.807) is 17.0 Å². The van der Waals surface area contributed by atoms with Crippen molar-refractivity contribution in [2.75, 3.05) is 25.0 Å². The summed E-state index contributed by atoms with van der Waals surface area (Å²) in [6.07, 6.45) is 4.10. The number of carbonyl (C=O) groups excluding carboxylic acids is 4. The van der Waals surface area contributed by atoms with Crippen LogP contribution in [0.3, 0.4) is 0 Å². The van der Waals surface area contributed by atoms with Crippen LogP contribution in [-0.4, -0.2) is 53.2 Å². The van der Waals surface area contributed by atoms with Crippen molar-refractivity contribution in [3.05, 3.63) is 64.2 Å². The number of carbonyl (C=O) groups is 4. The maximum atomic E-state index is 13.3. The Bertz CT molecular complexity index is 1190. The topological polar surface area (TPSA) is 98.8 Å². The number of hydrogen-bond acceptors (Lipinski definition) is 4. The third-order valence-corrected chi connectivity index (χ3v) is 7.09. The molecule has 5 amide bonds. The molecule has 2 heterocycles. The highest BCUT2D eigenvalue weighted by molar-refractivity contribution is 6.31. The summed E-state index contributed by atoms with van der Waals surface area (Å²) >= 11 is 6.13. The minimum atomic E-state index is -1.13. The fourth-order valence-corrected chi connectivity index (χ4v) is 5.31. The van der Waals surface area contributed by atoms with Crippen molar-refractivity contribution < 1.29 is 19.2 Å². The van der Waals surface area contributed by atoms with Crippen molar-refractivity contribution in [2.24, 2.45) is 0 Å². The molecular formula is C25H25ClN4O4. The zero-order valence-corrected chi connectivity index (χ0v) is 19.4. The zero-order chi connectivity index (χ0) is 23.9. The third-order valence-electron chi connectivity index (χ3n) is 6.85. The monoisotopic (exact) mass is 480 g/mol. The average Bonchev–Trinajstić information content (AvgIpc) is 3.32. The molecule has 0 radical (unpaired) electrons. The van der Waals surface area contributed by atoms with Crippen LogP contribution in [0.1, 0.15) is 47.2 Å². The lowest BCUT2D eigenvalue weighted by molar-refractivity contribution is -0.134. The molecular weight excluding hydrogens is 456 g/mol. The fraction of sp³-hybridized carbons (Fsp3) is 0.360. The predicted octanol–water partition coefficient (Wildman–Crippen LogP) is 3.30. The first-order valence-corrected chi connectivity index (χ1v) is 11.9. The van der Waals surface area contributed by atoms with E-state index in [9.17, 15) is 19.2 Å². The molecule has 1 unspecified atom stereocenters. The number of rotatable bonds is 4. The number of nitrogens with zero attached hydrogens (tertiary/aromatic N) is 2. The van der Waals surface area contributed by atoms with Crippen molar-refractivity contribution in [1.82, 2.24) is 15.1 Å². The molecule has 5 rings (SSSR count). The van der Waals surface area contributed by atoms with Crippen molar-refractivity contribution >= 4 is 41.0 Å². The van der Waals surface area contributed by atoms with E-state index in [1.165, 1.54) is 6.07 Å².